The number of benzene rings is 3. The molecular weight excluding hydrogens is 439 g/mol. The molecule has 3 aromatic carbocycles. The number of hydrazone groups is 1. The molecule has 3 rings (SSSR count). The molecule has 0 fully saturated rings. The smallest absolute Gasteiger partial charge is 0.346 e. The topological polar surface area (TPSA) is 146 Å². The summed E-state index contributed by atoms with van der Waals surface area (Å²) in [6, 6.07) is 12.9. The molecule has 0 aliphatic rings. The number of esters is 1. The van der Waals surface area contributed by atoms with Crippen LogP contribution >= 0.6 is 0 Å². The van der Waals surface area contributed by atoms with E-state index < -0.39 is 33.0 Å². The highest BCUT2D eigenvalue weighted by molar-refractivity contribution is 5.92. The van der Waals surface area contributed by atoms with Gasteiger partial charge in [-0.3, -0.25) is 25.7 Å². The van der Waals surface area contributed by atoms with Gasteiger partial charge in [-0.2, -0.15) is 5.10 Å². The highest BCUT2D eigenvalue weighted by Gasteiger charge is 2.19. The number of halogens is 1. The Kier molecular flexibility index (Phi) is 6.88. The van der Waals surface area contributed by atoms with Crippen molar-refractivity contribution < 1.29 is 28.5 Å². The van der Waals surface area contributed by atoms with E-state index in [1.807, 2.05) is 0 Å². The van der Waals surface area contributed by atoms with Crippen molar-refractivity contribution in [1.29, 1.82) is 0 Å². The molecule has 0 amide bonds. The summed E-state index contributed by atoms with van der Waals surface area (Å²) in [6.45, 7) is 0. The second kappa shape index (κ2) is 9.96. The second-order valence-electron chi connectivity index (χ2n) is 6.37. The summed E-state index contributed by atoms with van der Waals surface area (Å²) in [4.78, 5) is 32.7. The molecule has 33 heavy (non-hydrogen) atoms. The van der Waals surface area contributed by atoms with E-state index >= 15 is 0 Å². The van der Waals surface area contributed by atoms with Gasteiger partial charge in [-0.15, -0.1) is 0 Å². The Balaban J connectivity index is 1.76. The van der Waals surface area contributed by atoms with Crippen LogP contribution in [-0.2, 0) is 0 Å². The summed E-state index contributed by atoms with van der Waals surface area (Å²) >= 11 is 0. The number of methoxy groups -OCH3 is 1. The zero-order valence-electron chi connectivity index (χ0n) is 16.9. The number of rotatable bonds is 8. The lowest BCUT2D eigenvalue weighted by molar-refractivity contribution is -0.393. The molecule has 1 N–H and O–H groups in total. The largest absolute Gasteiger partial charge is 0.493 e. The zero-order valence-corrected chi connectivity index (χ0v) is 16.9. The van der Waals surface area contributed by atoms with Crippen LogP contribution < -0.4 is 14.9 Å². The number of anilines is 1. The van der Waals surface area contributed by atoms with Gasteiger partial charge in [0, 0.05) is 6.07 Å². The van der Waals surface area contributed by atoms with Crippen molar-refractivity contribution >= 4 is 29.2 Å². The normalized spacial score (nSPS) is 10.6. The van der Waals surface area contributed by atoms with Gasteiger partial charge in [0.05, 0.1) is 34.8 Å². The Bertz CT molecular complexity index is 1260. The van der Waals surface area contributed by atoms with E-state index in [0.29, 0.717) is 5.56 Å². The van der Waals surface area contributed by atoms with E-state index in [9.17, 15) is 29.4 Å². The Morgan fingerprint density at radius 3 is 2.45 bits per heavy atom. The van der Waals surface area contributed by atoms with Gasteiger partial charge in [0.1, 0.15) is 11.5 Å². The molecule has 0 bridgehead atoms. The van der Waals surface area contributed by atoms with Gasteiger partial charge in [-0.05, 0) is 42.0 Å². The third-order valence-corrected chi connectivity index (χ3v) is 4.27. The van der Waals surface area contributed by atoms with E-state index in [1.54, 1.807) is 0 Å². The number of nitro groups is 2. The van der Waals surface area contributed by atoms with Gasteiger partial charge < -0.3 is 9.47 Å². The third-order valence-electron chi connectivity index (χ3n) is 4.27. The van der Waals surface area contributed by atoms with Gasteiger partial charge in [0.25, 0.3) is 5.69 Å². The molecule has 0 atom stereocenters. The molecule has 0 saturated heterocycles. The summed E-state index contributed by atoms with van der Waals surface area (Å²) in [5.74, 6) is -1.43. The maximum absolute atomic E-state index is 13.8. The van der Waals surface area contributed by atoms with Gasteiger partial charge in [-0.25, -0.2) is 9.18 Å². The monoisotopic (exact) mass is 454 g/mol. The summed E-state index contributed by atoms with van der Waals surface area (Å²) in [6.07, 6.45) is 1.30. The van der Waals surface area contributed by atoms with Crippen LogP contribution in [-0.4, -0.2) is 29.1 Å². The average molecular weight is 454 g/mol. The van der Waals surface area contributed by atoms with Crippen LogP contribution in [0.3, 0.4) is 0 Å². The number of hydrogen-bond donors (Lipinski definition) is 1. The highest BCUT2D eigenvalue weighted by Crippen LogP contribution is 2.30. The minimum atomic E-state index is -0.903. The fraction of sp³-hybridized carbons (Fsp3) is 0.0476. The molecule has 0 aliphatic heterocycles. The van der Waals surface area contributed by atoms with Crippen LogP contribution in [0.5, 0.6) is 11.5 Å². The Labute approximate surface area is 185 Å². The van der Waals surface area contributed by atoms with E-state index in [2.05, 4.69) is 10.5 Å². The maximum atomic E-state index is 13.8. The average Bonchev–Trinajstić information content (AvgIpc) is 2.80. The molecule has 0 spiro atoms. The zero-order chi connectivity index (χ0) is 24.0. The van der Waals surface area contributed by atoms with Crippen molar-refractivity contribution in [3.63, 3.8) is 0 Å². The lowest BCUT2D eigenvalue weighted by Gasteiger charge is -2.10. The molecule has 0 aromatic heterocycles. The minimum Gasteiger partial charge on any atom is -0.493 e. The number of carbonyl (C=O) groups excluding carboxylic acids is 1. The first-order chi connectivity index (χ1) is 15.8. The molecule has 0 heterocycles. The standard InChI is InChI=1S/C21H15FN4O7/c1-32-20-10-13(6-9-19(20)33-21(27)15-4-2-3-5-16(15)22)12-23-24-17-8-7-14(25(28)29)11-18(17)26(30)31/h2-12,24H,1H3/b23-12+. The van der Waals surface area contributed by atoms with Crippen LogP contribution in [0.2, 0.25) is 0 Å². The van der Waals surface area contributed by atoms with Crippen molar-refractivity contribution in [2.75, 3.05) is 12.5 Å². The SMILES string of the molecule is COc1cc(/C=N/Nc2ccc([N+](=O)[O-])cc2[N+](=O)[O-])ccc1OC(=O)c1ccccc1F. The van der Waals surface area contributed by atoms with Crippen molar-refractivity contribution in [1.82, 2.24) is 0 Å². The second-order valence-corrected chi connectivity index (χ2v) is 6.37. The molecule has 0 unspecified atom stereocenters. The molecule has 11 nitrogen and oxygen atoms in total. The van der Waals surface area contributed by atoms with Crippen molar-refractivity contribution in [2.24, 2.45) is 5.10 Å². The van der Waals surface area contributed by atoms with E-state index in [0.717, 1.165) is 18.2 Å². The predicted octanol–water partition coefficient (Wildman–Crippen LogP) is 4.32. The lowest BCUT2D eigenvalue weighted by Crippen LogP contribution is -2.11. The predicted molar refractivity (Wildman–Crippen MR) is 115 cm³/mol. The first kappa shape index (κ1) is 22.8. The number of nitrogens with zero attached hydrogens (tertiary/aromatic N) is 3. The van der Waals surface area contributed by atoms with Crippen molar-refractivity contribution in [3.8, 4) is 11.5 Å². The van der Waals surface area contributed by atoms with Crippen LogP contribution in [0.4, 0.5) is 21.5 Å². The van der Waals surface area contributed by atoms with Crippen molar-refractivity contribution in [2.45, 2.75) is 0 Å². The molecule has 0 radical (unpaired) electrons. The molecule has 0 aliphatic carbocycles. The molecule has 168 valence electrons. The number of ether oxygens (including phenoxy) is 2. The summed E-state index contributed by atoms with van der Waals surface area (Å²) in [5.41, 5.74) is 1.69. The quantitative estimate of drug-likeness (QED) is 0.174. The Morgan fingerprint density at radius 1 is 1.03 bits per heavy atom. The fourth-order valence-electron chi connectivity index (χ4n) is 2.69. The number of carbonyl (C=O) groups is 1. The summed E-state index contributed by atoms with van der Waals surface area (Å²) < 4.78 is 24.2. The third kappa shape index (κ3) is 5.44. The number of nitrogens with one attached hydrogen (secondary N) is 1. The molecular formula is C21H15FN4O7. The fourth-order valence-corrected chi connectivity index (χ4v) is 2.69. The van der Waals surface area contributed by atoms with Crippen LogP contribution in [0.15, 0.2) is 65.8 Å². The molecule has 0 saturated carbocycles. The maximum Gasteiger partial charge on any atom is 0.346 e. The number of non-ortho nitro benzene ring substituents is 1. The Hall–Kier alpha value is -4.87. The Morgan fingerprint density at radius 2 is 1.79 bits per heavy atom. The van der Waals surface area contributed by atoms with Gasteiger partial charge in [0.2, 0.25) is 0 Å². The first-order valence-electron chi connectivity index (χ1n) is 9.17. The number of nitro benzene ring substituents is 2. The molecule has 3 aromatic rings. The first-order valence-corrected chi connectivity index (χ1v) is 9.17. The summed E-state index contributed by atoms with van der Waals surface area (Å²) in [5, 5.41) is 25.9. The summed E-state index contributed by atoms with van der Waals surface area (Å²) in [7, 11) is 1.34. The van der Waals surface area contributed by atoms with Crippen molar-refractivity contribution in [3.05, 3.63) is 97.8 Å². The van der Waals surface area contributed by atoms with E-state index in [4.69, 9.17) is 9.47 Å². The molecule has 12 heteroatoms. The lowest BCUT2D eigenvalue weighted by atomic mass is 10.2. The van der Waals surface area contributed by atoms with Gasteiger partial charge in [-0.1, -0.05) is 12.1 Å². The minimum absolute atomic E-state index is 0.0434. The van der Waals surface area contributed by atoms with E-state index in [-0.39, 0.29) is 22.7 Å². The van der Waals surface area contributed by atoms with Gasteiger partial charge in [0.15, 0.2) is 11.5 Å². The van der Waals surface area contributed by atoms with Crippen LogP contribution in [0, 0.1) is 26.0 Å². The van der Waals surface area contributed by atoms with Crippen LogP contribution in [0.25, 0.3) is 0 Å². The van der Waals surface area contributed by atoms with Crippen LogP contribution in [0.1, 0.15) is 15.9 Å². The van der Waals surface area contributed by atoms with Gasteiger partial charge >= 0.3 is 11.7 Å². The highest BCUT2D eigenvalue weighted by atomic mass is 19.1. The van der Waals surface area contributed by atoms with E-state index in [1.165, 1.54) is 55.8 Å². The number of hydrogen-bond acceptors (Lipinski definition) is 9.